The molecule has 1 aromatic carbocycles. The molecule has 1 aromatic heterocycles. The van der Waals surface area contributed by atoms with Gasteiger partial charge in [-0.1, -0.05) is 0 Å². The second-order valence-electron chi connectivity index (χ2n) is 4.10. The molecule has 2 rings (SSSR count). The largest absolute Gasteiger partial charge is 0.487 e. The van der Waals surface area contributed by atoms with Gasteiger partial charge in [-0.15, -0.1) is 0 Å². The number of benzene rings is 1. The number of ether oxygens (including phenoxy) is 1. The van der Waals surface area contributed by atoms with E-state index in [9.17, 15) is 18.0 Å². The molecule has 7 heteroatoms. The number of H-pyrrole nitrogens is 1. The number of hydrogen-bond donors (Lipinski definition) is 1. The first-order valence-electron chi connectivity index (χ1n) is 5.54. The van der Waals surface area contributed by atoms with Gasteiger partial charge in [0.25, 0.3) is 5.56 Å². The molecule has 1 heterocycles. The predicted octanol–water partition coefficient (Wildman–Crippen LogP) is 3.44. The summed E-state index contributed by atoms with van der Waals surface area (Å²) in [6.07, 6.45) is 0. The lowest BCUT2D eigenvalue weighted by molar-refractivity contribution is 0.289. The highest BCUT2D eigenvalue weighted by molar-refractivity contribution is 9.10. The van der Waals surface area contributed by atoms with Crippen LogP contribution in [0.5, 0.6) is 5.75 Å². The van der Waals surface area contributed by atoms with Gasteiger partial charge in [0.05, 0.1) is 5.56 Å². The lowest BCUT2D eigenvalue weighted by Gasteiger charge is -2.10. The van der Waals surface area contributed by atoms with E-state index in [2.05, 4.69) is 20.9 Å². The van der Waals surface area contributed by atoms with E-state index >= 15 is 0 Å². The second kappa shape index (κ2) is 5.70. The second-order valence-corrected chi connectivity index (χ2v) is 4.89. The Bertz CT molecular complexity index is 692. The molecule has 0 aliphatic carbocycles. The molecule has 0 bridgehead atoms. The molecule has 0 unspecified atom stereocenters. The van der Waals surface area contributed by atoms with Gasteiger partial charge in [-0.25, -0.2) is 13.2 Å². The SMILES string of the molecule is Cc1cc(OCc2c(F)cc(F)cc2F)c(Br)c(=O)[nH]1. The lowest BCUT2D eigenvalue weighted by atomic mass is 10.2. The van der Waals surface area contributed by atoms with Gasteiger partial charge in [-0.3, -0.25) is 4.79 Å². The van der Waals surface area contributed by atoms with Gasteiger partial charge in [0, 0.05) is 23.9 Å². The third kappa shape index (κ3) is 3.04. The number of aryl methyl sites for hydroxylation is 1. The summed E-state index contributed by atoms with van der Waals surface area (Å²) in [4.78, 5) is 14.0. The standard InChI is InChI=1S/C13H9BrF3NO2/c1-6-2-11(12(14)13(19)18-6)20-5-8-9(16)3-7(15)4-10(8)17/h2-4H,5H2,1H3,(H,18,19). The zero-order valence-electron chi connectivity index (χ0n) is 10.3. The molecule has 3 nitrogen and oxygen atoms in total. The highest BCUT2D eigenvalue weighted by atomic mass is 79.9. The molecule has 2 aromatic rings. The summed E-state index contributed by atoms with van der Waals surface area (Å²) in [5.74, 6) is -2.94. The minimum Gasteiger partial charge on any atom is -0.487 e. The monoisotopic (exact) mass is 347 g/mol. The Hall–Kier alpha value is -1.76. The third-order valence-corrected chi connectivity index (χ3v) is 3.30. The van der Waals surface area contributed by atoms with Crippen molar-refractivity contribution in [3.8, 4) is 5.75 Å². The maximum Gasteiger partial charge on any atom is 0.266 e. The van der Waals surface area contributed by atoms with Crippen LogP contribution in [-0.2, 0) is 6.61 Å². The average Bonchev–Trinajstić information content (AvgIpc) is 2.33. The first kappa shape index (κ1) is 14.6. The molecule has 0 aliphatic heterocycles. The lowest BCUT2D eigenvalue weighted by Crippen LogP contribution is -2.11. The molecule has 106 valence electrons. The number of hydrogen-bond acceptors (Lipinski definition) is 2. The summed E-state index contributed by atoms with van der Waals surface area (Å²) in [5.41, 5.74) is -0.287. The van der Waals surface area contributed by atoms with Crippen molar-refractivity contribution in [2.24, 2.45) is 0 Å². The number of aromatic nitrogens is 1. The average molecular weight is 348 g/mol. The molecule has 0 aliphatic rings. The van der Waals surface area contributed by atoms with Crippen LogP contribution in [0.3, 0.4) is 0 Å². The Morgan fingerprint density at radius 2 is 1.80 bits per heavy atom. The molecule has 0 radical (unpaired) electrons. The van der Waals surface area contributed by atoms with Gasteiger partial charge in [0.2, 0.25) is 0 Å². The topological polar surface area (TPSA) is 42.1 Å². The van der Waals surface area contributed by atoms with Crippen molar-refractivity contribution in [2.75, 3.05) is 0 Å². The molecule has 0 amide bonds. The highest BCUT2D eigenvalue weighted by Gasteiger charge is 2.14. The summed E-state index contributed by atoms with van der Waals surface area (Å²) in [7, 11) is 0. The van der Waals surface area contributed by atoms with Crippen molar-refractivity contribution in [3.05, 3.63) is 61.7 Å². The van der Waals surface area contributed by atoms with Crippen LogP contribution in [0.4, 0.5) is 13.2 Å². The normalized spacial score (nSPS) is 10.7. The molecule has 0 saturated heterocycles. The van der Waals surface area contributed by atoms with E-state index in [1.54, 1.807) is 6.92 Å². The molecule has 0 atom stereocenters. The minimum absolute atomic E-state index is 0.117. The van der Waals surface area contributed by atoms with Crippen molar-refractivity contribution in [1.29, 1.82) is 0 Å². The van der Waals surface area contributed by atoms with Gasteiger partial charge >= 0.3 is 0 Å². The Morgan fingerprint density at radius 3 is 2.40 bits per heavy atom. The zero-order chi connectivity index (χ0) is 14.9. The van der Waals surface area contributed by atoms with Gasteiger partial charge in [0.1, 0.15) is 34.3 Å². The number of rotatable bonds is 3. The Balaban J connectivity index is 2.28. The van der Waals surface area contributed by atoms with Crippen LogP contribution in [0.25, 0.3) is 0 Å². The summed E-state index contributed by atoms with van der Waals surface area (Å²) in [5, 5.41) is 0. The molecule has 0 saturated carbocycles. The van der Waals surface area contributed by atoms with Crippen LogP contribution in [0.2, 0.25) is 0 Å². The van der Waals surface area contributed by atoms with Crippen molar-refractivity contribution >= 4 is 15.9 Å². The van der Waals surface area contributed by atoms with E-state index in [0.717, 1.165) is 0 Å². The zero-order valence-corrected chi connectivity index (χ0v) is 11.9. The van der Waals surface area contributed by atoms with Crippen LogP contribution >= 0.6 is 15.9 Å². The molecular formula is C13H9BrF3NO2. The predicted molar refractivity (Wildman–Crippen MR) is 70.1 cm³/mol. The van der Waals surface area contributed by atoms with Crippen LogP contribution < -0.4 is 10.3 Å². The fraction of sp³-hybridized carbons (Fsp3) is 0.154. The Kier molecular flexibility index (Phi) is 4.17. The fourth-order valence-corrected chi connectivity index (χ4v) is 1.93. The third-order valence-electron chi connectivity index (χ3n) is 2.55. The van der Waals surface area contributed by atoms with E-state index in [4.69, 9.17) is 4.74 Å². The fourth-order valence-electron chi connectivity index (χ4n) is 1.61. The first-order chi connectivity index (χ1) is 9.38. The summed E-state index contributed by atoms with van der Waals surface area (Å²) < 4.78 is 45.0. The van der Waals surface area contributed by atoms with Gasteiger partial charge in [-0.2, -0.15) is 0 Å². The van der Waals surface area contributed by atoms with E-state index in [1.165, 1.54) is 6.07 Å². The van der Waals surface area contributed by atoms with Crippen molar-refractivity contribution < 1.29 is 17.9 Å². The number of pyridine rings is 1. The first-order valence-corrected chi connectivity index (χ1v) is 6.33. The summed E-state index contributed by atoms with van der Waals surface area (Å²) >= 11 is 3.02. The van der Waals surface area contributed by atoms with E-state index in [0.29, 0.717) is 17.8 Å². The summed E-state index contributed by atoms with van der Waals surface area (Å²) in [6, 6.07) is 2.64. The van der Waals surface area contributed by atoms with Gasteiger partial charge < -0.3 is 9.72 Å². The van der Waals surface area contributed by atoms with Gasteiger partial charge in [0.15, 0.2) is 0 Å². The number of halogens is 4. The summed E-state index contributed by atoms with van der Waals surface area (Å²) in [6.45, 7) is 1.18. The maximum absolute atomic E-state index is 13.4. The minimum atomic E-state index is -1.04. The number of aromatic amines is 1. The van der Waals surface area contributed by atoms with Crippen LogP contribution in [0.1, 0.15) is 11.3 Å². The quantitative estimate of drug-likeness (QED) is 0.923. The van der Waals surface area contributed by atoms with Gasteiger partial charge in [-0.05, 0) is 22.9 Å². The van der Waals surface area contributed by atoms with Crippen molar-refractivity contribution in [1.82, 2.24) is 4.98 Å². The van der Waals surface area contributed by atoms with E-state index in [-0.39, 0.29) is 10.2 Å². The van der Waals surface area contributed by atoms with Crippen LogP contribution in [0, 0.1) is 24.4 Å². The molecule has 0 fully saturated rings. The van der Waals surface area contributed by atoms with Crippen molar-refractivity contribution in [3.63, 3.8) is 0 Å². The molecule has 20 heavy (non-hydrogen) atoms. The van der Waals surface area contributed by atoms with Crippen molar-refractivity contribution in [2.45, 2.75) is 13.5 Å². The number of nitrogens with one attached hydrogen (secondary N) is 1. The van der Waals surface area contributed by atoms with E-state index in [1.807, 2.05) is 0 Å². The smallest absolute Gasteiger partial charge is 0.266 e. The van der Waals surface area contributed by atoms with E-state index < -0.39 is 35.2 Å². The van der Waals surface area contributed by atoms with Crippen LogP contribution in [0.15, 0.2) is 27.5 Å². The Morgan fingerprint density at radius 1 is 1.20 bits per heavy atom. The molecule has 1 N–H and O–H groups in total. The Labute approximate surface area is 120 Å². The molecular weight excluding hydrogens is 339 g/mol. The molecule has 0 spiro atoms. The van der Waals surface area contributed by atoms with Crippen LogP contribution in [-0.4, -0.2) is 4.98 Å². The highest BCUT2D eigenvalue weighted by Crippen LogP contribution is 2.23. The maximum atomic E-state index is 13.4.